The smallest absolute Gasteiger partial charge is 0.172 e. The fraction of sp³-hybridized carbons (Fsp3) is 0.692. The first kappa shape index (κ1) is 11.7. The monoisotopic (exact) mass is 223 g/mol. The van der Waals surface area contributed by atoms with Gasteiger partial charge in [-0.3, -0.25) is 5.73 Å². The van der Waals surface area contributed by atoms with E-state index in [-0.39, 0.29) is 0 Å². The van der Waals surface area contributed by atoms with Crippen LogP contribution in [0.3, 0.4) is 0 Å². The molecule has 0 spiro atoms. The summed E-state index contributed by atoms with van der Waals surface area (Å²) in [5.41, 5.74) is 4.57. The highest BCUT2D eigenvalue weighted by molar-refractivity contribution is 5.06. The van der Waals surface area contributed by atoms with Gasteiger partial charge in [0.2, 0.25) is 0 Å². The van der Waals surface area contributed by atoms with E-state index in [0.29, 0.717) is 12.2 Å². The van der Waals surface area contributed by atoms with Gasteiger partial charge in [-0.25, -0.2) is 0 Å². The van der Waals surface area contributed by atoms with E-state index in [1.165, 1.54) is 32.1 Å². The molecule has 1 atom stereocenters. The number of aliphatic hydroxyl groups is 1. The maximum Gasteiger partial charge on any atom is 0.172 e. The minimum atomic E-state index is -1.29. The predicted molar refractivity (Wildman–Crippen MR) is 62.6 cm³/mol. The Morgan fingerprint density at radius 1 is 1.38 bits per heavy atom. The molecule has 0 saturated heterocycles. The van der Waals surface area contributed by atoms with Crippen molar-refractivity contribution >= 4 is 0 Å². The van der Waals surface area contributed by atoms with Gasteiger partial charge in [0.1, 0.15) is 5.76 Å². The number of rotatable bonds is 4. The topological polar surface area (TPSA) is 59.4 Å². The fourth-order valence-electron chi connectivity index (χ4n) is 2.55. The molecule has 1 aliphatic rings. The van der Waals surface area contributed by atoms with Gasteiger partial charge in [-0.05, 0) is 30.9 Å². The van der Waals surface area contributed by atoms with Gasteiger partial charge in [-0.2, -0.15) is 0 Å². The van der Waals surface area contributed by atoms with Gasteiger partial charge >= 0.3 is 0 Å². The lowest BCUT2D eigenvalue weighted by Crippen LogP contribution is -2.36. The van der Waals surface area contributed by atoms with E-state index >= 15 is 0 Å². The molecule has 1 saturated carbocycles. The van der Waals surface area contributed by atoms with Crippen LogP contribution in [0.2, 0.25) is 0 Å². The molecular weight excluding hydrogens is 202 g/mol. The number of hydrogen-bond donors (Lipinski definition) is 2. The summed E-state index contributed by atoms with van der Waals surface area (Å²) in [6.45, 7) is 0. The van der Waals surface area contributed by atoms with Crippen molar-refractivity contribution in [3.63, 3.8) is 0 Å². The van der Waals surface area contributed by atoms with E-state index in [1.807, 2.05) is 0 Å². The van der Waals surface area contributed by atoms with Crippen molar-refractivity contribution in [1.29, 1.82) is 0 Å². The number of nitrogens with two attached hydrogens (primary N) is 1. The number of furan rings is 1. The molecule has 3 heteroatoms. The van der Waals surface area contributed by atoms with E-state index in [1.54, 1.807) is 18.4 Å². The van der Waals surface area contributed by atoms with Gasteiger partial charge in [0, 0.05) is 0 Å². The van der Waals surface area contributed by atoms with Crippen molar-refractivity contribution in [3.05, 3.63) is 24.2 Å². The summed E-state index contributed by atoms with van der Waals surface area (Å²) in [4.78, 5) is 0. The zero-order valence-electron chi connectivity index (χ0n) is 9.69. The van der Waals surface area contributed by atoms with Crippen LogP contribution < -0.4 is 5.73 Å². The molecule has 1 aromatic rings. The summed E-state index contributed by atoms with van der Waals surface area (Å²) in [5.74, 6) is 1.21. The van der Waals surface area contributed by atoms with Crippen LogP contribution in [0.25, 0.3) is 0 Å². The Morgan fingerprint density at radius 2 is 2.12 bits per heavy atom. The molecule has 0 bridgehead atoms. The Labute approximate surface area is 96.6 Å². The van der Waals surface area contributed by atoms with Gasteiger partial charge in [0.05, 0.1) is 6.26 Å². The van der Waals surface area contributed by atoms with Gasteiger partial charge in [0.25, 0.3) is 0 Å². The standard InChI is InChI=1S/C13H21NO2/c14-13(15,12-7-4-10-16-12)9-8-11-5-2-1-3-6-11/h4,7,10-11,15H,1-3,5-6,8-9,14H2/t13-/m1/s1. The van der Waals surface area contributed by atoms with Crippen LogP contribution in [0.1, 0.15) is 50.7 Å². The maximum absolute atomic E-state index is 10.1. The van der Waals surface area contributed by atoms with Crippen molar-refractivity contribution in [2.75, 3.05) is 0 Å². The molecule has 16 heavy (non-hydrogen) atoms. The van der Waals surface area contributed by atoms with E-state index in [0.717, 1.165) is 12.3 Å². The average molecular weight is 223 g/mol. The van der Waals surface area contributed by atoms with Gasteiger partial charge < -0.3 is 9.52 Å². The lowest BCUT2D eigenvalue weighted by molar-refractivity contribution is 0.00503. The van der Waals surface area contributed by atoms with Crippen LogP contribution >= 0.6 is 0 Å². The second-order valence-electron chi connectivity index (χ2n) is 4.94. The minimum absolute atomic E-state index is 0.475. The highest BCUT2D eigenvalue weighted by atomic mass is 16.4. The van der Waals surface area contributed by atoms with Crippen molar-refractivity contribution in [1.82, 2.24) is 0 Å². The Balaban J connectivity index is 1.84. The van der Waals surface area contributed by atoms with Gasteiger partial charge in [0.15, 0.2) is 5.72 Å². The highest BCUT2D eigenvalue weighted by Gasteiger charge is 2.28. The van der Waals surface area contributed by atoms with Crippen molar-refractivity contribution < 1.29 is 9.52 Å². The van der Waals surface area contributed by atoms with E-state index in [2.05, 4.69) is 0 Å². The Morgan fingerprint density at radius 3 is 2.75 bits per heavy atom. The molecular formula is C13H21NO2. The summed E-state index contributed by atoms with van der Waals surface area (Å²) < 4.78 is 5.16. The molecule has 2 rings (SSSR count). The van der Waals surface area contributed by atoms with E-state index in [9.17, 15) is 5.11 Å². The third kappa shape index (κ3) is 2.86. The molecule has 1 heterocycles. The van der Waals surface area contributed by atoms with Gasteiger partial charge in [-0.1, -0.05) is 32.1 Å². The second-order valence-corrected chi connectivity index (χ2v) is 4.94. The van der Waals surface area contributed by atoms with Crippen LogP contribution in [0, 0.1) is 5.92 Å². The quantitative estimate of drug-likeness (QED) is 0.772. The maximum atomic E-state index is 10.1. The summed E-state index contributed by atoms with van der Waals surface area (Å²) in [5, 5.41) is 10.1. The molecule has 1 aliphatic carbocycles. The lowest BCUT2D eigenvalue weighted by atomic mass is 9.84. The molecule has 0 aliphatic heterocycles. The van der Waals surface area contributed by atoms with Crippen LogP contribution in [0.5, 0.6) is 0 Å². The zero-order chi connectivity index (χ0) is 11.4. The highest BCUT2D eigenvalue weighted by Crippen LogP contribution is 2.31. The normalized spacial score (nSPS) is 21.9. The Kier molecular flexibility index (Phi) is 3.66. The van der Waals surface area contributed by atoms with Crippen LogP contribution in [-0.2, 0) is 5.72 Å². The molecule has 0 radical (unpaired) electrons. The SMILES string of the molecule is N[C@@](O)(CCC1CCCCC1)c1ccco1. The van der Waals surface area contributed by atoms with E-state index in [4.69, 9.17) is 10.2 Å². The minimum Gasteiger partial charge on any atom is -0.465 e. The zero-order valence-corrected chi connectivity index (χ0v) is 9.69. The first-order chi connectivity index (χ1) is 7.68. The second kappa shape index (κ2) is 5.02. The van der Waals surface area contributed by atoms with E-state index < -0.39 is 5.72 Å². The van der Waals surface area contributed by atoms with Gasteiger partial charge in [-0.15, -0.1) is 0 Å². The summed E-state index contributed by atoms with van der Waals surface area (Å²) in [7, 11) is 0. The molecule has 3 nitrogen and oxygen atoms in total. The van der Waals surface area contributed by atoms with Crippen LogP contribution in [0.4, 0.5) is 0 Å². The summed E-state index contributed by atoms with van der Waals surface area (Å²) in [6.07, 6.45) is 9.72. The number of hydrogen-bond acceptors (Lipinski definition) is 3. The first-order valence-electron chi connectivity index (χ1n) is 6.24. The fourth-order valence-corrected chi connectivity index (χ4v) is 2.55. The molecule has 1 fully saturated rings. The molecule has 90 valence electrons. The largest absolute Gasteiger partial charge is 0.465 e. The predicted octanol–water partition coefficient (Wildman–Crippen LogP) is 2.74. The average Bonchev–Trinajstić information content (AvgIpc) is 2.82. The van der Waals surface area contributed by atoms with Crippen molar-refractivity contribution in [2.45, 2.75) is 50.7 Å². The van der Waals surface area contributed by atoms with Crippen molar-refractivity contribution in [2.24, 2.45) is 11.7 Å². The molecule has 0 amide bonds. The third-order valence-corrected chi connectivity index (χ3v) is 3.61. The lowest BCUT2D eigenvalue weighted by Gasteiger charge is -2.26. The first-order valence-corrected chi connectivity index (χ1v) is 6.24. The molecule has 0 aromatic carbocycles. The molecule has 1 aromatic heterocycles. The summed E-state index contributed by atoms with van der Waals surface area (Å²) >= 11 is 0. The van der Waals surface area contributed by atoms with Crippen LogP contribution in [0.15, 0.2) is 22.8 Å². The molecule has 0 unspecified atom stereocenters. The Bertz CT molecular complexity index is 300. The Hall–Kier alpha value is -0.800. The van der Waals surface area contributed by atoms with Crippen LogP contribution in [-0.4, -0.2) is 5.11 Å². The molecule has 3 N–H and O–H groups in total. The summed E-state index contributed by atoms with van der Waals surface area (Å²) in [6, 6.07) is 3.49. The van der Waals surface area contributed by atoms with Crippen molar-refractivity contribution in [3.8, 4) is 0 Å². The third-order valence-electron chi connectivity index (χ3n) is 3.61.